The molecule has 0 atom stereocenters. The Kier molecular flexibility index (Phi) is 3.04. The molecule has 0 aliphatic heterocycles. The third kappa shape index (κ3) is 2.77. The van der Waals surface area contributed by atoms with Crippen LogP contribution in [-0.4, -0.2) is 16.8 Å². The fourth-order valence-electron chi connectivity index (χ4n) is 1.00. The minimum atomic E-state index is -1.06. The van der Waals surface area contributed by atoms with Crippen LogP contribution in [0.2, 0.25) is 0 Å². The van der Waals surface area contributed by atoms with Crippen molar-refractivity contribution in [2.75, 3.05) is 0 Å². The molecule has 0 bridgehead atoms. The molecule has 5 nitrogen and oxygen atoms in total. The molecule has 1 rings (SSSR count). The number of carbonyl (C=O) groups is 1. The summed E-state index contributed by atoms with van der Waals surface area (Å²) in [4.78, 5) is 20.7. The van der Waals surface area contributed by atoms with Gasteiger partial charge in [0.2, 0.25) is 0 Å². The number of hydrogen-bond acceptors (Lipinski definition) is 4. The van der Waals surface area contributed by atoms with E-state index in [2.05, 4.69) is 0 Å². The van der Waals surface area contributed by atoms with Crippen LogP contribution in [0.5, 0.6) is 5.75 Å². The Balaban J connectivity index is 3.04. The minimum absolute atomic E-state index is 0.0969. The summed E-state index contributed by atoms with van der Waals surface area (Å²) in [6, 6.07) is 5.95. The van der Waals surface area contributed by atoms with Crippen LogP contribution < -0.4 is 4.74 Å². The van der Waals surface area contributed by atoms with Gasteiger partial charge in [0, 0.05) is 6.07 Å². The summed E-state index contributed by atoms with van der Waals surface area (Å²) in [7, 11) is 0. The van der Waals surface area contributed by atoms with Crippen LogP contribution in [-0.2, 0) is 4.79 Å². The number of nitrogens with zero attached hydrogens (tertiary/aromatic N) is 1. The zero-order chi connectivity index (χ0) is 11.5. The van der Waals surface area contributed by atoms with E-state index in [0.717, 1.165) is 0 Å². The molecule has 0 aliphatic rings. The zero-order valence-electron chi connectivity index (χ0n) is 8.47. The maximum atomic E-state index is 10.6. The maximum Gasteiger partial charge on any atom is 0.310 e. The lowest BCUT2D eigenvalue weighted by Gasteiger charge is -2.19. The SMILES string of the molecule is CC(C)(C=O)Oc1ccccc1[N+](=O)[O-]. The van der Waals surface area contributed by atoms with E-state index in [1.54, 1.807) is 12.1 Å². The van der Waals surface area contributed by atoms with Crippen molar-refractivity contribution in [1.29, 1.82) is 0 Å². The van der Waals surface area contributed by atoms with E-state index in [-0.39, 0.29) is 11.4 Å². The van der Waals surface area contributed by atoms with E-state index in [1.165, 1.54) is 26.0 Å². The summed E-state index contributed by atoms with van der Waals surface area (Å²) in [5.74, 6) is 0.0969. The Hall–Kier alpha value is -1.91. The first-order chi connectivity index (χ1) is 6.96. The van der Waals surface area contributed by atoms with E-state index < -0.39 is 10.5 Å². The van der Waals surface area contributed by atoms with Gasteiger partial charge in [0.1, 0.15) is 0 Å². The van der Waals surface area contributed by atoms with E-state index >= 15 is 0 Å². The monoisotopic (exact) mass is 209 g/mol. The quantitative estimate of drug-likeness (QED) is 0.431. The van der Waals surface area contributed by atoms with Crippen LogP contribution in [0.15, 0.2) is 24.3 Å². The first-order valence-electron chi connectivity index (χ1n) is 4.35. The van der Waals surface area contributed by atoms with Crippen LogP contribution in [0, 0.1) is 10.1 Å². The van der Waals surface area contributed by atoms with Crippen molar-refractivity contribution in [3.63, 3.8) is 0 Å². The average molecular weight is 209 g/mol. The number of aldehydes is 1. The van der Waals surface area contributed by atoms with Crippen molar-refractivity contribution in [2.45, 2.75) is 19.4 Å². The van der Waals surface area contributed by atoms with Crippen LogP contribution in [0.3, 0.4) is 0 Å². The summed E-state index contributed by atoms with van der Waals surface area (Å²) in [6.07, 6.45) is 0.601. The molecule has 80 valence electrons. The van der Waals surface area contributed by atoms with Gasteiger partial charge in [-0.3, -0.25) is 14.9 Å². The van der Waals surface area contributed by atoms with Gasteiger partial charge in [-0.1, -0.05) is 12.1 Å². The standard InChI is InChI=1S/C10H11NO4/c1-10(2,7-12)15-9-6-4-3-5-8(9)11(13)14/h3-7H,1-2H3. The van der Waals surface area contributed by atoms with E-state index in [4.69, 9.17) is 4.74 Å². The summed E-state index contributed by atoms with van der Waals surface area (Å²) in [5.41, 5.74) is -1.21. The van der Waals surface area contributed by atoms with Crippen molar-refractivity contribution in [3.05, 3.63) is 34.4 Å². The molecule has 0 fully saturated rings. The van der Waals surface area contributed by atoms with Crippen molar-refractivity contribution in [3.8, 4) is 5.75 Å². The highest BCUT2D eigenvalue weighted by molar-refractivity contribution is 5.62. The van der Waals surface area contributed by atoms with Crippen molar-refractivity contribution < 1.29 is 14.5 Å². The highest BCUT2D eigenvalue weighted by atomic mass is 16.6. The molecule has 0 saturated carbocycles. The predicted octanol–water partition coefficient (Wildman–Crippen LogP) is 1.95. The third-order valence-electron chi connectivity index (χ3n) is 1.72. The molecule has 0 heterocycles. The Morgan fingerprint density at radius 2 is 2.00 bits per heavy atom. The summed E-state index contributed by atoms with van der Waals surface area (Å²) < 4.78 is 5.23. The van der Waals surface area contributed by atoms with Crippen molar-refractivity contribution in [1.82, 2.24) is 0 Å². The predicted molar refractivity (Wildman–Crippen MR) is 53.9 cm³/mol. The topological polar surface area (TPSA) is 69.4 Å². The van der Waals surface area contributed by atoms with Gasteiger partial charge in [-0.15, -0.1) is 0 Å². The highest BCUT2D eigenvalue weighted by Crippen LogP contribution is 2.28. The molecule has 0 aliphatic carbocycles. The fraction of sp³-hybridized carbons (Fsp3) is 0.300. The Morgan fingerprint density at radius 3 is 2.53 bits per heavy atom. The molecule has 15 heavy (non-hydrogen) atoms. The molecule has 0 spiro atoms. The number of nitro benzene ring substituents is 1. The summed E-state index contributed by atoms with van der Waals surface area (Å²) >= 11 is 0. The van der Waals surface area contributed by atoms with Gasteiger partial charge in [0.15, 0.2) is 17.6 Å². The highest BCUT2D eigenvalue weighted by Gasteiger charge is 2.23. The molecular formula is C10H11NO4. The smallest absolute Gasteiger partial charge is 0.310 e. The van der Waals surface area contributed by atoms with Crippen LogP contribution in [0.1, 0.15) is 13.8 Å². The number of benzene rings is 1. The second-order valence-electron chi connectivity index (χ2n) is 3.55. The van der Waals surface area contributed by atoms with Crippen molar-refractivity contribution >= 4 is 12.0 Å². The van der Waals surface area contributed by atoms with E-state index in [1.807, 2.05) is 0 Å². The maximum absolute atomic E-state index is 10.6. The van der Waals surface area contributed by atoms with Gasteiger partial charge in [-0.2, -0.15) is 0 Å². The Bertz CT molecular complexity index is 387. The summed E-state index contributed by atoms with van der Waals surface area (Å²) in [5, 5.41) is 10.6. The lowest BCUT2D eigenvalue weighted by molar-refractivity contribution is -0.386. The number of carbonyl (C=O) groups excluding carboxylic acids is 1. The third-order valence-corrected chi connectivity index (χ3v) is 1.72. The van der Waals surface area contributed by atoms with Gasteiger partial charge >= 0.3 is 5.69 Å². The van der Waals surface area contributed by atoms with Crippen molar-refractivity contribution in [2.24, 2.45) is 0 Å². The first-order valence-corrected chi connectivity index (χ1v) is 4.35. The lowest BCUT2D eigenvalue weighted by Crippen LogP contribution is -2.30. The van der Waals surface area contributed by atoms with E-state index in [9.17, 15) is 14.9 Å². The van der Waals surface area contributed by atoms with E-state index in [0.29, 0.717) is 6.29 Å². The Morgan fingerprint density at radius 1 is 1.40 bits per heavy atom. The van der Waals surface area contributed by atoms with Gasteiger partial charge in [0.05, 0.1) is 4.92 Å². The van der Waals surface area contributed by atoms with Gasteiger partial charge in [0.25, 0.3) is 0 Å². The molecule has 0 amide bonds. The number of hydrogen-bond donors (Lipinski definition) is 0. The molecular weight excluding hydrogens is 198 g/mol. The average Bonchev–Trinajstić information content (AvgIpc) is 2.18. The minimum Gasteiger partial charge on any atom is -0.473 e. The van der Waals surface area contributed by atoms with Crippen LogP contribution in [0.4, 0.5) is 5.69 Å². The lowest BCUT2D eigenvalue weighted by atomic mass is 10.1. The molecule has 0 saturated heterocycles. The fourth-order valence-corrected chi connectivity index (χ4v) is 1.00. The van der Waals surface area contributed by atoms with Crippen LogP contribution >= 0.6 is 0 Å². The molecule has 5 heteroatoms. The molecule has 0 aromatic heterocycles. The van der Waals surface area contributed by atoms with Gasteiger partial charge < -0.3 is 4.74 Å². The molecule has 1 aromatic rings. The molecule has 0 radical (unpaired) electrons. The van der Waals surface area contributed by atoms with Gasteiger partial charge in [-0.25, -0.2) is 0 Å². The molecule has 1 aromatic carbocycles. The largest absolute Gasteiger partial charge is 0.473 e. The second kappa shape index (κ2) is 4.08. The molecule has 0 N–H and O–H groups in total. The number of para-hydroxylation sites is 2. The number of ether oxygens (including phenoxy) is 1. The Labute approximate surface area is 86.8 Å². The summed E-state index contributed by atoms with van der Waals surface area (Å²) in [6.45, 7) is 3.08. The van der Waals surface area contributed by atoms with Gasteiger partial charge in [-0.05, 0) is 19.9 Å². The van der Waals surface area contributed by atoms with Crippen LogP contribution in [0.25, 0.3) is 0 Å². The number of rotatable bonds is 4. The molecule has 0 unspecified atom stereocenters. The number of nitro groups is 1. The zero-order valence-corrected chi connectivity index (χ0v) is 8.47. The normalized spacial score (nSPS) is 10.8. The first kappa shape index (κ1) is 11.2. The second-order valence-corrected chi connectivity index (χ2v) is 3.55.